The van der Waals surface area contributed by atoms with Gasteiger partial charge in [0.25, 0.3) is 0 Å². The van der Waals surface area contributed by atoms with Gasteiger partial charge in [0.1, 0.15) is 0 Å². The van der Waals surface area contributed by atoms with Crippen LogP contribution in [0.4, 0.5) is 18.0 Å². The van der Waals surface area contributed by atoms with Gasteiger partial charge in [0.15, 0.2) is 0 Å². The van der Waals surface area contributed by atoms with Gasteiger partial charge in [-0.15, -0.1) is 0 Å². The molecular formula is C15H26F3N3O3. The van der Waals surface area contributed by atoms with E-state index in [2.05, 4.69) is 10.6 Å². The monoisotopic (exact) mass is 353 g/mol. The van der Waals surface area contributed by atoms with Gasteiger partial charge in [-0.25, -0.2) is 4.79 Å². The lowest BCUT2D eigenvalue weighted by Crippen LogP contribution is -2.50. The molecule has 6 nitrogen and oxygen atoms in total. The van der Waals surface area contributed by atoms with Crippen LogP contribution < -0.4 is 10.6 Å². The Balaban J connectivity index is 2.44. The number of alkyl halides is 3. The predicted molar refractivity (Wildman–Crippen MR) is 82.3 cm³/mol. The number of aliphatic hydroxyl groups excluding tert-OH is 1. The molecule has 9 heteroatoms. The summed E-state index contributed by atoms with van der Waals surface area (Å²) in [5, 5.41) is 13.5. The number of urea groups is 1. The fourth-order valence-corrected chi connectivity index (χ4v) is 2.87. The van der Waals surface area contributed by atoms with E-state index in [1.807, 2.05) is 6.92 Å². The number of carbonyl (C=O) groups is 2. The van der Waals surface area contributed by atoms with Crippen LogP contribution in [0.5, 0.6) is 0 Å². The summed E-state index contributed by atoms with van der Waals surface area (Å²) in [6, 6.07) is -0.694. The van der Waals surface area contributed by atoms with E-state index in [-0.39, 0.29) is 25.6 Å². The third kappa shape index (κ3) is 8.49. The minimum absolute atomic E-state index is 0.0211. The zero-order valence-electron chi connectivity index (χ0n) is 13.9. The molecule has 0 aromatic heterocycles. The summed E-state index contributed by atoms with van der Waals surface area (Å²) in [6.07, 6.45) is -0.384. The lowest BCUT2D eigenvalue weighted by atomic mass is 9.86. The lowest BCUT2D eigenvalue weighted by Gasteiger charge is -2.29. The van der Waals surface area contributed by atoms with E-state index < -0.39 is 31.2 Å². The molecule has 0 spiro atoms. The van der Waals surface area contributed by atoms with E-state index in [1.165, 1.54) is 0 Å². The van der Waals surface area contributed by atoms with Gasteiger partial charge >= 0.3 is 12.2 Å². The number of halogens is 3. The van der Waals surface area contributed by atoms with Crippen molar-refractivity contribution >= 4 is 11.9 Å². The molecule has 0 aromatic carbocycles. The van der Waals surface area contributed by atoms with Crippen molar-refractivity contribution in [1.29, 1.82) is 0 Å². The topological polar surface area (TPSA) is 81.7 Å². The van der Waals surface area contributed by atoms with Crippen LogP contribution in [0.3, 0.4) is 0 Å². The minimum atomic E-state index is -4.45. The SMILES string of the molecule is CC1CCCCC1NC(=O)NC(=O)CN(CCCO)CC(F)(F)F. The fourth-order valence-electron chi connectivity index (χ4n) is 2.87. The summed E-state index contributed by atoms with van der Waals surface area (Å²) in [5.74, 6) is -0.482. The normalized spacial score (nSPS) is 21.6. The van der Waals surface area contributed by atoms with Crippen LogP contribution in [0, 0.1) is 5.92 Å². The first kappa shape index (κ1) is 20.7. The molecule has 1 fully saturated rings. The highest BCUT2D eigenvalue weighted by Gasteiger charge is 2.31. The number of rotatable bonds is 7. The first-order valence-electron chi connectivity index (χ1n) is 8.21. The number of nitrogens with one attached hydrogen (secondary N) is 2. The first-order valence-corrected chi connectivity index (χ1v) is 8.21. The highest BCUT2D eigenvalue weighted by atomic mass is 19.4. The minimum Gasteiger partial charge on any atom is -0.396 e. The Hall–Kier alpha value is -1.35. The Morgan fingerprint density at radius 2 is 1.92 bits per heavy atom. The van der Waals surface area contributed by atoms with Crippen molar-refractivity contribution in [1.82, 2.24) is 15.5 Å². The molecule has 3 amide bonds. The van der Waals surface area contributed by atoms with E-state index in [4.69, 9.17) is 5.11 Å². The van der Waals surface area contributed by atoms with Gasteiger partial charge in [-0.05, 0) is 25.2 Å². The van der Waals surface area contributed by atoms with Crippen LogP contribution in [0.25, 0.3) is 0 Å². The predicted octanol–water partition coefficient (Wildman–Crippen LogP) is 1.64. The molecule has 1 aliphatic carbocycles. The van der Waals surface area contributed by atoms with Crippen LogP contribution in [0.1, 0.15) is 39.0 Å². The number of hydrogen-bond acceptors (Lipinski definition) is 4. The van der Waals surface area contributed by atoms with Crippen LogP contribution >= 0.6 is 0 Å². The summed E-state index contributed by atoms with van der Waals surface area (Å²) in [7, 11) is 0. The van der Waals surface area contributed by atoms with Gasteiger partial charge in [0.2, 0.25) is 5.91 Å². The maximum Gasteiger partial charge on any atom is 0.401 e. The molecule has 0 saturated heterocycles. The van der Waals surface area contributed by atoms with Crippen LogP contribution in [0.15, 0.2) is 0 Å². The largest absolute Gasteiger partial charge is 0.401 e. The number of carbonyl (C=O) groups excluding carboxylic acids is 2. The number of hydrogen-bond donors (Lipinski definition) is 3. The molecule has 2 atom stereocenters. The smallest absolute Gasteiger partial charge is 0.396 e. The van der Waals surface area contributed by atoms with Crippen molar-refractivity contribution in [2.24, 2.45) is 5.92 Å². The Morgan fingerprint density at radius 1 is 1.25 bits per heavy atom. The number of aliphatic hydroxyl groups is 1. The van der Waals surface area contributed by atoms with Crippen molar-refractivity contribution in [2.45, 2.75) is 51.2 Å². The van der Waals surface area contributed by atoms with E-state index in [0.717, 1.165) is 30.6 Å². The summed E-state index contributed by atoms with van der Waals surface area (Å²) < 4.78 is 37.4. The highest BCUT2D eigenvalue weighted by Crippen LogP contribution is 2.23. The van der Waals surface area contributed by atoms with Crippen molar-refractivity contribution in [3.8, 4) is 0 Å². The van der Waals surface area contributed by atoms with Crippen LogP contribution in [-0.4, -0.2) is 60.4 Å². The fraction of sp³-hybridized carbons (Fsp3) is 0.867. The second-order valence-corrected chi connectivity index (χ2v) is 6.29. The summed E-state index contributed by atoms with van der Waals surface area (Å²) in [5.41, 5.74) is 0. The van der Waals surface area contributed by atoms with Gasteiger partial charge in [-0.2, -0.15) is 13.2 Å². The van der Waals surface area contributed by atoms with E-state index >= 15 is 0 Å². The molecule has 0 radical (unpaired) electrons. The lowest BCUT2D eigenvalue weighted by molar-refractivity contribution is -0.148. The first-order chi connectivity index (χ1) is 11.2. The highest BCUT2D eigenvalue weighted by molar-refractivity contribution is 5.95. The van der Waals surface area contributed by atoms with Gasteiger partial charge in [0, 0.05) is 19.2 Å². The second-order valence-electron chi connectivity index (χ2n) is 6.29. The number of amides is 3. The van der Waals surface area contributed by atoms with Gasteiger partial charge in [0.05, 0.1) is 13.1 Å². The van der Waals surface area contributed by atoms with Gasteiger partial charge < -0.3 is 10.4 Å². The molecule has 0 heterocycles. The standard InChI is InChI=1S/C15H26F3N3O3/c1-11-5-2-3-6-12(11)19-14(24)20-13(23)9-21(7-4-8-22)10-15(16,17)18/h11-12,22H,2-10H2,1H3,(H2,19,20,23,24). The molecule has 2 unspecified atom stereocenters. The summed E-state index contributed by atoms with van der Waals surface area (Å²) in [4.78, 5) is 24.5. The molecule has 1 aliphatic rings. The molecule has 3 N–H and O–H groups in total. The van der Waals surface area contributed by atoms with Crippen LogP contribution in [0.2, 0.25) is 0 Å². The zero-order valence-corrected chi connectivity index (χ0v) is 13.9. The Bertz CT molecular complexity index is 419. The molecule has 0 bridgehead atoms. The average Bonchev–Trinajstić information content (AvgIpc) is 2.45. The summed E-state index contributed by atoms with van der Waals surface area (Å²) in [6.45, 7) is -0.137. The maximum atomic E-state index is 12.5. The van der Waals surface area contributed by atoms with Gasteiger partial charge in [-0.3, -0.25) is 15.0 Å². The maximum absolute atomic E-state index is 12.5. The van der Waals surface area contributed by atoms with Crippen LogP contribution in [-0.2, 0) is 4.79 Å². The quantitative estimate of drug-likeness (QED) is 0.650. The van der Waals surface area contributed by atoms with Crippen molar-refractivity contribution < 1.29 is 27.9 Å². The molecule has 24 heavy (non-hydrogen) atoms. The molecule has 0 aromatic rings. The van der Waals surface area contributed by atoms with E-state index in [0.29, 0.717) is 5.92 Å². The third-order valence-corrected chi connectivity index (χ3v) is 4.08. The van der Waals surface area contributed by atoms with E-state index in [9.17, 15) is 22.8 Å². The third-order valence-electron chi connectivity index (χ3n) is 4.08. The van der Waals surface area contributed by atoms with Gasteiger partial charge in [-0.1, -0.05) is 19.8 Å². The Labute approximate surface area is 139 Å². The molecule has 1 saturated carbocycles. The summed E-state index contributed by atoms with van der Waals surface area (Å²) >= 11 is 0. The molecule has 1 rings (SSSR count). The second kappa shape index (κ2) is 9.83. The molecular weight excluding hydrogens is 327 g/mol. The molecule has 0 aliphatic heterocycles. The Morgan fingerprint density at radius 3 is 2.50 bits per heavy atom. The zero-order chi connectivity index (χ0) is 18.2. The van der Waals surface area contributed by atoms with E-state index in [1.54, 1.807) is 0 Å². The number of nitrogens with zero attached hydrogens (tertiary/aromatic N) is 1. The number of imide groups is 1. The van der Waals surface area contributed by atoms with Crippen molar-refractivity contribution in [2.75, 3.05) is 26.2 Å². The van der Waals surface area contributed by atoms with Crippen molar-refractivity contribution in [3.63, 3.8) is 0 Å². The van der Waals surface area contributed by atoms with Crippen molar-refractivity contribution in [3.05, 3.63) is 0 Å². The average molecular weight is 353 g/mol. The Kier molecular flexibility index (Phi) is 8.47. The molecule has 140 valence electrons.